The molecule has 1 aromatic rings. The molecule has 0 radical (unpaired) electrons. The molecule has 0 amide bonds. The maximum Gasteiger partial charge on any atom is 0.130 e. The molecule has 0 unspecified atom stereocenters. The molecule has 10 heavy (non-hydrogen) atoms. The standard InChI is InChI=1S/C8H11BrSi/c1-6-3-4-8(10-9)7(2)5-6/h3-5H,10H2,1-2H3. The normalized spacial score (nSPS) is 11.1. The molecule has 0 heterocycles. The Balaban J connectivity index is 3.07. The molecule has 0 nitrogen and oxygen atoms in total. The highest BCUT2D eigenvalue weighted by molar-refractivity contribution is 9.23. The zero-order valence-electron chi connectivity index (χ0n) is 6.32. The fraction of sp³-hybridized carbons (Fsp3) is 0.250. The highest BCUT2D eigenvalue weighted by atomic mass is 79.9. The van der Waals surface area contributed by atoms with E-state index in [0.717, 1.165) is 0 Å². The number of aryl methyl sites for hydroxylation is 2. The molecule has 0 aliphatic carbocycles. The van der Waals surface area contributed by atoms with Gasteiger partial charge in [-0.3, -0.25) is 0 Å². The predicted octanol–water partition coefficient (Wildman–Crippen LogP) is 1.41. The lowest BCUT2D eigenvalue weighted by Gasteiger charge is -2.01. The third kappa shape index (κ3) is 1.70. The molecule has 0 aromatic heterocycles. The molecule has 54 valence electrons. The van der Waals surface area contributed by atoms with Crippen molar-refractivity contribution >= 4 is 28.6 Å². The summed E-state index contributed by atoms with van der Waals surface area (Å²) >= 11 is 3.57. The number of halogens is 1. The first kappa shape index (κ1) is 8.02. The minimum absolute atomic E-state index is 0.141. The number of benzene rings is 1. The van der Waals surface area contributed by atoms with Crippen LogP contribution in [0.25, 0.3) is 0 Å². The van der Waals surface area contributed by atoms with Crippen molar-refractivity contribution in [1.82, 2.24) is 0 Å². The van der Waals surface area contributed by atoms with Crippen LogP contribution in [-0.4, -0.2) is 8.14 Å². The number of hydrogen-bond acceptors (Lipinski definition) is 0. The third-order valence-electron chi connectivity index (χ3n) is 1.64. The van der Waals surface area contributed by atoms with Crippen LogP contribution in [0.4, 0.5) is 0 Å². The molecule has 0 aliphatic rings. The molecule has 0 fully saturated rings. The second kappa shape index (κ2) is 3.35. The van der Waals surface area contributed by atoms with Crippen LogP contribution in [0, 0.1) is 13.8 Å². The van der Waals surface area contributed by atoms with Crippen LogP contribution < -0.4 is 5.19 Å². The fourth-order valence-electron chi connectivity index (χ4n) is 0.996. The number of rotatable bonds is 1. The molecular weight excluding hydrogens is 204 g/mol. The molecule has 0 N–H and O–H groups in total. The summed E-state index contributed by atoms with van der Waals surface area (Å²) in [5.74, 6) is 0. The van der Waals surface area contributed by atoms with Crippen LogP contribution in [0.2, 0.25) is 0 Å². The zero-order valence-corrected chi connectivity index (χ0v) is 9.32. The summed E-state index contributed by atoms with van der Waals surface area (Å²) in [7, 11) is -0.141. The van der Waals surface area contributed by atoms with Crippen molar-refractivity contribution in [2.24, 2.45) is 0 Å². The summed E-state index contributed by atoms with van der Waals surface area (Å²) in [6, 6.07) is 6.64. The Morgan fingerprint density at radius 3 is 2.50 bits per heavy atom. The summed E-state index contributed by atoms with van der Waals surface area (Å²) in [4.78, 5) is 0. The maximum atomic E-state index is 3.57. The van der Waals surface area contributed by atoms with Crippen molar-refractivity contribution in [2.45, 2.75) is 13.8 Å². The van der Waals surface area contributed by atoms with Crippen LogP contribution in [0.15, 0.2) is 18.2 Å². The first-order valence-electron chi connectivity index (χ1n) is 3.36. The van der Waals surface area contributed by atoms with Gasteiger partial charge in [-0.05, 0) is 13.8 Å². The van der Waals surface area contributed by atoms with Gasteiger partial charge in [-0.15, -0.1) is 15.3 Å². The van der Waals surface area contributed by atoms with Gasteiger partial charge >= 0.3 is 0 Å². The Kier molecular flexibility index (Phi) is 2.69. The van der Waals surface area contributed by atoms with E-state index in [2.05, 4.69) is 47.3 Å². The summed E-state index contributed by atoms with van der Waals surface area (Å²) in [5.41, 5.74) is 2.79. The monoisotopic (exact) mass is 214 g/mol. The van der Waals surface area contributed by atoms with Crippen LogP contribution in [0.5, 0.6) is 0 Å². The molecule has 0 bridgehead atoms. The molecular formula is C8H11BrSi. The smallest absolute Gasteiger partial charge is 0.129 e. The van der Waals surface area contributed by atoms with E-state index in [0.29, 0.717) is 0 Å². The lowest BCUT2D eigenvalue weighted by molar-refractivity contribution is 1.41. The first-order chi connectivity index (χ1) is 4.74. The van der Waals surface area contributed by atoms with E-state index in [-0.39, 0.29) is 8.14 Å². The Hall–Kier alpha value is -0.0831. The summed E-state index contributed by atoms with van der Waals surface area (Å²) in [6.45, 7) is 4.31. The number of hydrogen-bond donors (Lipinski definition) is 0. The average molecular weight is 215 g/mol. The lowest BCUT2D eigenvalue weighted by atomic mass is 10.2. The minimum Gasteiger partial charge on any atom is -0.129 e. The van der Waals surface area contributed by atoms with Gasteiger partial charge in [0, 0.05) is 0 Å². The fourth-order valence-corrected chi connectivity index (χ4v) is 3.40. The maximum absolute atomic E-state index is 3.57. The summed E-state index contributed by atoms with van der Waals surface area (Å²) in [5, 5.41) is 1.52. The highest BCUT2D eigenvalue weighted by Crippen LogP contribution is 1.99. The highest BCUT2D eigenvalue weighted by Gasteiger charge is 1.94. The van der Waals surface area contributed by atoms with E-state index < -0.39 is 0 Å². The predicted molar refractivity (Wildman–Crippen MR) is 53.0 cm³/mol. The van der Waals surface area contributed by atoms with Crippen molar-refractivity contribution in [2.75, 3.05) is 0 Å². The zero-order chi connectivity index (χ0) is 7.56. The van der Waals surface area contributed by atoms with Crippen molar-refractivity contribution in [1.29, 1.82) is 0 Å². The van der Waals surface area contributed by atoms with Gasteiger partial charge in [0.05, 0.1) is 0 Å². The Morgan fingerprint density at radius 2 is 2.00 bits per heavy atom. The average Bonchev–Trinajstić information content (AvgIpc) is 1.88. The topological polar surface area (TPSA) is 0 Å². The first-order valence-corrected chi connectivity index (χ1v) is 7.96. The lowest BCUT2D eigenvalue weighted by Crippen LogP contribution is -2.11. The second-order valence-corrected chi connectivity index (χ2v) is 5.27. The second-order valence-electron chi connectivity index (χ2n) is 2.56. The third-order valence-corrected chi connectivity index (χ3v) is 4.54. The van der Waals surface area contributed by atoms with E-state index in [1.807, 2.05) is 0 Å². The molecule has 0 saturated heterocycles. The van der Waals surface area contributed by atoms with Crippen LogP contribution >= 0.6 is 15.3 Å². The van der Waals surface area contributed by atoms with Crippen LogP contribution in [0.1, 0.15) is 11.1 Å². The Labute approximate surface area is 72.1 Å². The van der Waals surface area contributed by atoms with Crippen molar-refractivity contribution in [3.05, 3.63) is 29.3 Å². The molecule has 1 aromatic carbocycles. The van der Waals surface area contributed by atoms with Crippen LogP contribution in [-0.2, 0) is 0 Å². The van der Waals surface area contributed by atoms with E-state index in [1.54, 1.807) is 0 Å². The molecule has 2 heteroatoms. The van der Waals surface area contributed by atoms with Gasteiger partial charge in [-0.1, -0.05) is 34.5 Å². The quantitative estimate of drug-likeness (QED) is 0.490. The van der Waals surface area contributed by atoms with Gasteiger partial charge in [0.15, 0.2) is 0 Å². The van der Waals surface area contributed by atoms with Gasteiger partial charge < -0.3 is 0 Å². The Morgan fingerprint density at radius 1 is 1.30 bits per heavy atom. The molecule has 1 rings (SSSR count). The molecule has 0 atom stereocenters. The summed E-state index contributed by atoms with van der Waals surface area (Å²) in [6.07, 6.45) is 0. The summed E-state index contributed by atoms with van der Waals surface area (Å²) < 4.78 is 0. The minimum atomic E-state index is -0.141. The molecule has 0 aliphatic heterocycles. The molecule has 0 spiro atoms. The van der Waals surface area contributed by atoms with E-state index in [1.165, 1.54) is 16.3 Å². The Bertz CT molecular complexity index is 233. The van der Waals surface area contributed by atoms with E-state index in [9.17, 15) is 0 Å². The van der Waals surface area contributed by atoms with Crippen molar-refractivity contribution < 1.29 is 0 Å². The van der Waals surface area contributed by atoms with Crippen LogP contribution in [0.3, 0.4) is 0 Å². The van der Waals surface area contributed by atoms with Gasteiger partial charge in [-0.2, -0.15) is 0 Å². The van der Waals surface area contributed by atoms with E-state index in [4.69, 9.17) is 0 Å². The van der Waals surface area contributed by atoms with Gasteiger partial charge in [0.2, 0.25) is 0 Å². The van der Waals surface area contributed by atoms with Gasteiger partial charge in [0.25, 0.3) is 0 Å². The molecule has 0 saturated carbocycles. The van der Waals surface area contributed by atoms with Crippen molar-refractivity contribution in [3.63, 3.8) is 0 Å². The van der Waals surface area contributed by atoms with Gasteiger partial charge in [-0.25, -0.2) is 0 Å². The largest absolute Gasteiger partial charge is 0.130 e. The SMILES string of the molecule is Cc1ccc([SiH2]Br)c(C)c1. The van der Waals surface area contributed by atoms with Gasteiger partial charge in [0.1, 0.15) is 8.14 Å². The van der Waals surface area contributed by atoms with Crippen molar-refractivity contribution in [3.8, 4) is 0 Å². The van der Waals surface area contributed by atoms with E-state index >= 15 is 0 Å².